The summed E-state index contributed by atoms with van der Waals surface area (Å²) in [6.45, 7) is 2.04. The van der Waals surface area contributed by atoms with Crippen molar-refractivity contribution in [2.45, 2.75) is 19.8 Å². The molecule has 0 aliphatic heterocycles. The number of nitriles is 1. The molecule has 0 atom stereocenters. The van der Waals surface area contributed by atoms with Crippen LogP contribution in [0.15, 0.2) is 6.20 Å². The Morgan fingerprint density at radius 1 is 1.67 bits per heavy atom. The van der Waals surface area contributed by atoms with Crippen molar-refractivity contribution in [2.24, 2.45) is 0 Å². The van der Waals surface area contributed by atoms with Gasteiger partial charge in [-0.25, -0.2) is 9.97 Å². The number of nitrogens with zero attached hydrogens (tertiary/aromatic N) is 3. The minimum atomic E-state index is 0.274. The Morgan fingerprint density at radius 2 is 2.42 bits per heavy atom. The third-order valence-corrected chi connectivity index (χ3v) is 1.46. The first kappa shape index (κ1) is 8.47. The van der Waals surface area contributed by atoms with E-state index in [1.54, 1.807) is 0 Å². The predicted octanol–water partition coefficient (Wildman–Crippen LogP) is 0.883. The predicted molar refractivity (Wildman–Crippen MR) is 45.2 cm³/mol. The molecule has 62 valence electrons. The van der Waals surface area contributed by atoms with Gasteiger partial charge >= 0.3 is 0 Å². The minimum Gasteiger partial charge on any atom is -0.382 e. The first-order valence-corrected chi connectivity index (χ1v) is 3.79. The average molecular weight is 162 g/mol. The topological polar surface area (TPSA) is 75.6 Å². The van der Waals surface area contributed by atoms with E-state index in [1.807, 2.05) is 13.0 Å². The number of nitrogens with two attached hydrogens (primary N) is 1. The Hall–Kier alpha value is -1.63. The molecule has 0 aliphatic rings. The van der Waals surface area contributed by atoms with E-state index in [-0.39, 0.29) is 5.82 Å². The molecule has 1 heterocycles. The number of nitrogen functional groups attached to an aromatic ring is 1. The highest BCUT2D eigenvalue weighted by atomic mass is 14.9. The normalized spacial score (nSPS) is 9.33. The van der Waals surface area contributed by atoms with Crippen LogP contribution < -0.4 is 5.73 Å². The number of aromatic nitrogens is 2. The third kappa shape index (κ3) is 1.70. The molecule has 0 spiro atoms. The van der Waals surface area contributed by atoms with Crippen molar-refractivity contribution in [3.05, 3.63) is 17.6 Å². The summed E-state index contributed by atoms with van der Waals surface area (Å²) >= 11 is 0. The summed E-state index contributed by atoms with van der Waals surface area (Å²) in [6, 6.07) is 1.91. The zero-order valence-corrected chi connectivity index (χ0v) is 6.91. The Labute approximate surface area is 71.1 Å². The van der Waals surface area contributed by atoms with Gasteiger partial charge in [-0.3, -0.25) is 0 Å². The minimum absolute atomic E-state index is 0.274. The SMILES string of the molecule is CCCc1ncc(C#N)c(N)n1. The second-order valence-electron chi connectivity index (χ2n) is 2.45. The number of hydrogen-bond donors (Lipinski definition) is 1. The summed E-state index contributed by atoms with van der Waals surface area (Å²) in [7, 11) is 0. The summed E-state index contributed by atoms with van der Waals surface area (Å²) < 4.78 is 0. The van der Waals surface area contributed by atoms with E-state index in [4.69, 9.17) is 11.0 Å². The Balaban J connectivity index is 2.96. The average Bonchev–Trinajstić information content (AvgIpc) is 2.05. The summed E-state index contributed by atoms with van der Waals surface area (Å²) in [5, 5.41) is 8.53. The molecule has 4 heteroatoms. The lowest BCUT2D eigenvalue weighted by atomic mass is 10.3. The Bertz CT molecular complexity index is 313. The van der Waals surface area contributed by atoms with Crippen LogP contribution in [-0.4, -0.2) is 9.97 Å². The van der Waals surface area contributed by atoms with Crippen LogP contribution in [0.5, 0.6) is 0 Å². The summed E-state index contributed by atoms with van der Waals surface area (Å²) in [4.78, 5) is 7.96. The first-order valence-electron chi connectivity index (χ1n) is 3.79. The second kappa shape index (κ2) is 3.67. The van der Waals surface area contributed by atoms with Gasteiger partial charge in [0.25, 0.3) is 0 Å². The second-order valence-corrected chi connectivity index (χ2v) is 2.45. The summed E-state index contributed by atoms with van der Waals surface area (Å²) in [6.07, 6.45) is 3.24. The van der Waals surface area contributed by atoms with Crippen LogP contribution in [0.4, 0.5) is 5.82 Å². The molecular formula is C8H10N4. The van der Waals surface area contributed by atoms with Crippen molar-refractivity contribution >= 4 is 5.82 Å². The Morgan fingerprint density at radius 3 is 2.92 bits per heavy atom. The Kier molecular flexibility index (Phi) is 2.59. The van der Waals surface area contributed by atoms with Gasteiger partial charge in [-0.2, -0.15) is 5.26 Å². The van der Waals surface area contributed by atoms with Crippen LogP contribution in [0.25, 0.3) is 0 Å². The smallest absolute Gasteiger partial charge is 0.145 e. The molecule has 0 aliphatic carbocycles. The molecule has 12 heavy (non-hydrogen) atoms. The lowest BCUT2D eigenvalue weighted by Crippen LogP contribution is -2.01. The van der Waals surface area contributed by atoms with Gasteiger partial charge in [-0.05, 0) is 6.42 Å². The largest absolute Gasteiger partial charge is 0.382 e. The van der Waals surface area contributed by atoms with Gasteiger partial charge in [0.1, 0.15) is 23.3 Å². The fourth-order valence-corrected chi connectivity index (χ4v) is 0.864. The summed E-state index contributed by atoms with van der Waals surface area (Å²) in [5.41, 5.74) is 5.83. The lowest BCUT2D eigenvalue weighted by Gasteiger charge is -1.98. The van der Waals surface area contributed by atoms with Crippen molar-refractivity contribution in [2.75, 3.05) is 5.73 Å². The zero-order chi connectivity index (χ0) is 8.97. The molecule has 0 amide bonds. The van der Waals surface area contributed by atoms with Gasteiger partial charge in [0.2, 0.25) is 0 Å². The fourth-order valence-electron chi connectivity index (χ4n) is 0.864. The van der Waals surface area contributed by atoms with Gasteiger partial charge in [0.05, 0.1) is 6.20 Å². The van der Waals surface area contributed by atoms with Crippen LogP contribution in [0, 0.1) is 11.3 Å². The molecule has 0 radical (unpaired) electrons. The third-order valence-electron chi connectivity index (χ3n) is 1.46. The molecule has 1 aromatic rings. The molecule has 0 saturated heterocycles. The lowest BCUT2D eigenvalue weighted by molar-refractivity contribution is 0.836. The van der Waals surface area contributed by atoms with Crippen LogP contribution in [0.3, 0.4) is 0 Å². The van der Waals surface area contributed by atoms with E-state index in [1.165, 1.54) is 6.20 Å². The standard InChI is InChI=1S/C8H10N4/c1-2-3-7-11-5-6(4-9)8(10)12-7/h5H,2-3H2,1H3,(H2,10,11,12). The van der Waals surface area contributed by atoms with Crippen LogP contribution >= 0.6 is 0 Å². The number of anilines is 1. The summed E-state index contributed by atoms with van der Waals surface area (Å²) in [5.74, 6) is 0.977. The molecule has 1 rings (SSSR count). The molecule has 0 unspecified atom stereocenters. The van der Waals surface area contributed by atoms with Gasteiger partial charge < -0.3 is 5.73 Å². The van der Waals surface area contributed by atoms with Crippen LogP contribution in [0.1, 0.15) is 24.7 Å². The monoisotopic (exact) mass is 162 g/mol. The molecule has 0 aromatic carbocycles. The number of hydrogen-bond acceptors (Lipinski definition) is 4. The molecule has 0 bridgehead atoms. The van der Waals surface area contributed by atoms with E-state index in [9.17, 15) is 0 Å². The van der Waals surface area contributed by atoms with E-state index in [2.05, 4.69) is 9.97 Å². The maximum Gasteiger partial charge on any atom is 0.145 e. The fraction of sp³-hybridized carbons (Fsp3) is 0.375. The van der Waals surface area contributed by atoms with E-state index in [0.717, 1.165) is 12.8 Å². The molecule has 1 aromatic heterocycles. The first-order chi connectivity index (χ1) is 5.77. The van der Waals surface area contributed by atoms with Gasteiger partial charge in [-0.1, -0.05) is 6.92 Å². The number of rotatable bonds is 2. The van der Waals surface area contributed by atoms with E-state index < -0.39 is 0 Å². The van der Waals surface area contributed by atoms with Crippen molar-refractivity contribution in [1.82, 2.24) is 9.97 Å². The van der Waals surface area contributed by atoms with Crippen molar-refractivity contribution in [3.8, 4) is 6.07 Å². The molecular weight excluding hydrogens is 152 g/mol. The van der Waals surface area contributed by atoms with Gasteiger partial charge in [-0.15, -0.1) is 0 Å². The number of aryl methyl sites for hydroxylation is 1. The molecule has 4 nitrogen and oxygen atoms in total. The highest BCUT2D eigenvalue weighted by Gasteiger charge is 2.01. The zero-order valence-electron chi connectivity index (χ0n) is 6.91. The molecule has 0 fully saturated rings. The molecule has 2 N–H and O–H groups in total. The van der Waals surface area contributed by atoms with Gasteiger partial charge in [0, 0.05) is 6.42 Å². The van der Waals surface area contributed by atoms with E-state index >= 15 is 0 Å². The maximum absolute atomic E-state index is 8.53. The maximum atomic E-state index is 8.53. The van der Waals surface area contributed by atoms with Crippen molar-refractivity contribution in [1.29, 1.82) is 5.26 Å². The van der Waals surface area contributed by atoms with Crippen LogP contribution in [-0.2, 0) is 6.42 Å². The highest BCUT2D eigenvalue weighted by Crippen LogP contribution is 2.06. The van der Waals surface area contributed by atoms with Gasteiger partial charge in [0.15, 0.2) is 0 Å². The molecule has 0 saturated carbocycles. The highest BCUT2D eigenvalue weighted by molar-refractivity contribution is 5.46. The quantitative estimate of drug-likeness (QED) is 0.700. The van der Waals surface area contributed by atoms with Crippen LogP contribution in [0.2, 0.25) is 0 Å². The van der Waals surface area contributed by atoms with E-state index in [0.29, 0.717) is 11.4 Å². The van der Waals surface area contributed by atoms with Crippen molar-refractivity contribution in [3.63, 3.8) is 0 Å². The van der Waals surface area contributed by atoms with Crippen molar-refractivity contribution < 1.29 is 0 Å².